The monoisotopic (exact) mass is 251 g/mol. The van der Waals surface area contributed by atoms with E-state index in [0.717, 1.165) is 5.92 Å². The van der Waals surface area contributed by atoms with Crippen LogP contribution in [-0.4, -0.2) is 24.8 Å². The summed E-state index contributed by atoms with van der Waals surface area (Å²) >= 11 is 0. The Morgan fingerprint density at radius 1 is 1.11 bits per heavy atom. The lowest BCUT2D eigenvalue weighted by atomic mass is 9.72. The van der Waals surface area contributed by atoms with Crippen LogP contribution in [0.2, 0.25) is 0 Å². The predicted octanol–water partition coefficient (Wildman–Crippen LogP) is 3.50. The van der Waals surface area contributed by atoms with E-state index >= 15 is 0 Å². The van der Waals surface area contributed by atoms with Crippen LogP contribution in [0.5, 0.6) is 0 Å². The van der Waals surface area contributed by atoms with Crippen molar-refractivity contribution in [2.75, 3.05) is 13.1 Å². The lowest BCUT2D eigenvalue weighted by Crippen LogP contribution is -2.44. The van der Waals surface area contributed by atoms with Crippen LogP contribution >= 0.6 is 0 Å². The highest BCUT2D eigenvalue weighted by molar-refractivity contribution is 4.95. The maximum absolute atomic E-state index is 6.49. The van der Waals surface area contributed by atoms with Gasteiger partial charge in [0.05, 0.1) is 11.7 Å². The van der Waals surface area contributed by atoms with Gasteiger partial charge in [0.1, 0.15) is 0 Å². The van der Waals surface area contributed by atoms with Crippen molar-refractivity contribution in [3.63, 3.8) is 0 Å². The van der Waals surface area contributed by atoms with Crippen LogP contribution in [0.25, 0.3) is 0 Å². The van der Waals surface area contributed by atoms with E-state index in [2.05, 4.69) is 19.2 Å². The number of nitrogens with one attached hydrogen (secondary N) is 1. The second kappa shape index (κ2) is 4.79. The first kappa shape index (κ1) is 12.9. The fourth-order valence-corrected chi connectivity index (χ4v) is 4.42. The SMILES string of the molecule is CC1(C)CNCCC1CC1CCC2(CCCC2)O1. The van der Waals surface area contributed by atoms with Crippen molar-refractivity contribution in [1.29, 1.82) is 0 Å². The first-order valence-corrected chi connectivity index (χ1v) is 7.98. The molecule has 2 unspecified atom stereocenters. The average Bonchev–Trinajstić information content (AvgIpc) is 2.93. The molecule has 0 aromatic heterocycles. The molecule has 3 fully saturated rings. The minimum Gasteiger partial charge on any atom is -0.372 e. The standard InChI is InChI=1S/C16H29NO/c1-15(2)12-17-10-6-13(15)11-14-5-9-16(18-14)7-3-4-8-16/h13-14,17H,3-12H2,1-2H3. The molecule has 0 amide bonds. The van der Waals surface area contributed by atoms with Crippen LogP contribution in [0.15, 0.2) is 0 Å². The van der Waals surface area contributed by atoms with Crippen LogP contribution in [0.1, 0.15) is 65.2 Å². The Bertz CT molecular complexity index is 293. The normalized spacial score (nSPS) is 38.3. The largest absolute Gasteiger partial charge is 0.372 e. The van der Waals surface area contributed by atoms with E-state index in [1.54, 1.807) is 0 Å². The van der Waals surface area contributed by atoms with Gasteiger partial charge in [0.15, 0.2) is 0 Å². The maximum atomic E-state index is 6.49. The molecule has 2 atom stereocenters. The Kier molecular flexibility index (Phi) is 3.44. The Morgan fingerprint density at radius 2 is 1.89 bits per heavy atom. The minimum atomic E-state index is 0.321. The van der Waals surface area contributed by atoms with Crippen LogP contribution < -0.4 is 5.32 Å². The van der Waals surface area contributed by atoms with E-state index in [0.29, 0.717) is 17.1 Å². The van der Waals surface area contributed by atoms with Crippen LogP contribution in [-0.2, 0) is 4.74 Å². The molecule has 18 heavy (non-hydrogen) atoms. The average molecular weight is 251 g/mol. The predicted molar refractivity (Wildman–Crippen MR) is 74.7 cm³/mol. The molecule has 0 aromatic rings. The minimum absolute atomic E-state index is 0.321. The third-order valence-electron chi connectivity index (χ3n) is 5.76. The quantitative estimate of drug-likeness (QED) is 0.811. The van der Waals surface area contributed by atoms with Gasteiger partial charge in [-0.2, -0.15) is 0 Å². The lowest BCUT2D eigenvalue weighted by Gasteiger charge is -2.40. The van der Waals surface area contributed by atoms with Crippen LogP contribution in [0.3, 0.4) is 0 Å². The number of ether oxygens (including phenoxy) is 1. The molecular weight excluding hydrogens is 222 g/mol. The molecule has 2 aliphatic heterocycles. The summed E-state index contributed by atoms with van der Waals surface area (Å²) in [6.45, 7) is 7.22. The van der Waals surface area contributed by atoms with Gasteiger partial charge in [0, 0.05) is 6.54 Å². The van der Waals surface area contributed by atoms with Gasteiger partial charge < -0.3 is 10.1 Å². The van der Waals surface area contributed by atoms with Gasteiger partial charge >= 0.3 is 0 Å². The topological polar surface area (TPSA) is 21.3 Å². The molecule has 2 heteroatoms. The highest BCUT2D eigenvalue weighted by Gasteiger charge is 2.44. The van der Waals surface area contributed by atoms with E-state index in [1.165, 1.54) is 64.5 Å². The van der Waals surface area contributed by atoms with Crippen molar-refractivity contribution in [1.82, 2.24) is 5.32 Å². The summed E-state index contributed by atoms with van der Waals surface area (Å²) in [5.41, 5.74) is 0.773. The fraction of sp³-hybridized carbons (Fsp3) is 1.00. The smallest absolute Gasteiger partial charge is 0.0687 e. The first-order chi connectivity index (χ1) is 8.60. The number of piperidine rings is 1. The summed E-state index contributed by atoms with van der Waals surface area (Å²) in [6.07, 6.45) is 11.3. The number of hydrogen-bond acceptors (Lipinski definition) is 2. The van der Waals surface area contributed by atoms with Gasteiger partial charge in [-0.3, -0.25) is 0 Å². The van der Waals surface area contributed by atoms with Crippen molar-refractivity contribution >= 4 is 0 Å². The third-order valence-corrected chi connectivity index (χ3v) is 5.76. The van der Waals surface area contributed by atoms with E-state index < -0.39 is 0 Å². The van der Waals surface area contributed by atoms with Gasteiger partial charge in [-0.25, -0.2) is 0 Å². The van der Waals surface area contributed by atoms with Crippen molar-refractivity contribution in [2.45, 2.75) is 76.9 Å². The summed E-state index contributed by atoms with van der Waals surface area (Å²) in [5.74, 6) is 0.848. The lowest BCUT2D eigenvalue weighted by molar-refractivity contribution is -0.0533. The summed E-state index contributed by atoms with van der Waals surface area (Å²) < 4.78 is 6.49. The van der Waals surface area contributed by atoms with Crippen molar-refractivity contribution in [2.24, 2.45) is 11.3 Å². The first-order valence-electron chi connectivity index (χ1n) is 7.98. The van der Waals surface area contributed by atoms with Crippen LogP contribution in [0.4, 0.5) is 0 Å². The molecule has 1 spiro atoms. The van der Waals surface area contributed by atoms with Crippen molar-refractivity contribution < 1.29 is 4.74 Å². The zero-order valence-electron chi connectivity index (χ0n) is 12.1. The Balaban J connectivity index is 1.57. The summed E-state index contributed by atoms with van der Waals surface area (Å²) in [5, 5.41) is 3.54. The Hall–Kier alpha value is -0.0800. The molecule has 2 heterocycles. The second-order valence-corrected chi connectivity index (χ2v) is 7.56. The maximum Gasteiger partial charge on any atom is 0.0687 e. The van der Waals surface area contributed by atoms with Gasteiger partial charge in [-0.1, -0.05) is 26.7 Å². The van der Waals surface area contributed by atoms with Gasteiger partial charge in [-0.15, -0.1) is 0 Å². The zero-order valence-corrected chi connectivity index (χ0v) is 12.1. The zero-order chi connectivity index (χ0) is 12.6. The molecule has 104 valence electrons. The van der Waals surface area contributed by atoms with Crippen LogP contribution in [0, 0.1) is 11.3 Å². The Labute approximate surface area is 112 Å². The molecule has 1 N–H and O–H groups in total. The molecule has 0 bridgehead atoms. The molecule has 0 aromatic carbocycles. The highest BCUT2D eigenvalue weighted by atomic mass is 16.5. The molecule has 2 nitrogen and oxygen atoms in total. The van der Waals surface area contributed by atoms with E-state index in [-0.39, 0.29) is 0 Å². The third kappa shape index (κ3) is 2.46. The van der Waals surface area contributed by atoms with Crippen molar-refractivity contribution in [3.05, 3.63) is 0 Å². The molecule has 0 radical (unpaired) electrons. The Morgan fingerprint density at radius 3 is 2.61 bits per heavy atom. The van der Waals surface area contributed by atoms with Crippen molar-refractivity contribution in [3.8, 4) is 0 Å². The number of hydrogen-bond donors (Lipinski definition) is 1. The second-order valence-electron chi connectivity index (χ2n) is 7.56. The molecule has 1 aliphatic carbocycles. The molecule has 3 aliphatic rings. The van der Waals surface area contributed by atoms with E-state index in [4.69, 9.17) is 4.74 Å². The number of rotatable bonds is 2. The summed E-state index contributed by atoms with van der Waals surface area (Å²) in [4.78, 5) is 0. The van der Waals surface area contributed by atoms with E-state index in [1.807, 2.05) is 0 Å². The summed E-state index contributed by atoms with van der Waals surface area (Å²) in [7, 11) is 0. The molecule has 3 rings (SSSR count). The summed E-state index contributed by atoms with van der Waals surface area (Å²) in [6, 6.07) is 0. The van der Waals surface area contributed by atoms with Gasteiger partial charge in [0.2, 0.25) is 0 Å². The molecule has 2 saturated heterocycles. The highest BCUT2D eigenvalue weighted by Crippen LogP contribution is 2.46. The fourth-order valence-electron chi connectivity index (χ4n) is 4.42. The van der Waals surface area contributed by atoms with Gasteiger partial charge in [0.25, 0.3) is 0 Å². The molecular formula is C16H29NO. The van der Waals surface area contributed by atoms with E-state index in [9.17, 15) is 0 Å². The van der Waals surface area contributed by atoms with Gasteiger partial charge in [-0.05, 0) is 56.4 Å². The molecule has 1 saturated carbocycles.